The quantitative estimate of drug-likeness (QED) is 0.347. The van der Waals surface area contributed by atoms with Gasteiger partial charge in [0.05, 0.1) is 20.6 Å². The summed E-state index contributed by atoms with van der Waals surface area (Å²) >= 11 is 18.9. The number of likely N-dealkylation sites (N-methyl/N-ethyl adjacent to an activating group) is 1. The maximum absolute atomic E-state index is 13.8. The van der Waals surface area contributed by atoms with Crippen LogP contribution in [0.5, 0.6) is 0 Å². The maximum Gasteiger partial charge on any atom is 0.264 e. The number of rotatable bonds is 10. The topological polar surface area (TPSA) is 86.8 Å². The Kier molecular flexibility index (Phi) is 9.84. The Labute approximate surface area is 232 Å². The van der Waals surface area contributed by atoms with Gasteiger partial charge in [-0.15, -0.1) is 0 Å². The van der Waals surface area contributed by atoms with E-state index in [2.05, 4.69) is 5.32 Å². The number of anilines is 1. The number of nitrogens with zero attached hydrogens (tertiary/aromatic N) is 2. The van der Waals surface area contributed by atoms with Gasteiger partial charge in [-0.3, -0.25) is 13.9 Å². The van der Waals surface area contributed by atoms with Crippen molar-refractivity contribution in [3.05, 3.63) is 93.4 Å². The zero-order valence-electron chi connectivity index (χ0n) is 20.2. The molecule has 2 amide bonds. The van der Waals surface area contributed by atoms with Gasteiger partial charge in [0.2, 0.25) is 11.8 Å². The van der Waals surface area contributed by atoms with E-state index >= 15 is 0 Å². The van der Waals surface area contributed by atoms with Gasteiger partial charge in [-0.25, -0.2) is 8.42 Å². The number of carbonyl (C=O) groups excluding carboxylic acids is 2. The van der Waals surface area contributed by atoms with E-state index in [0.29, 0.717) is 17.1 Å². The van der Waals surface area contributed by atoms with Crippen LogP contribution in [-0.2, 0) is 26.2 Å². The molecule has 11 heteroatoms. The molecule has 0 saturated carbocycles. The number of carbonyl (C=O) groups is 2. The van der Waals surface area contributed by atoms with Crippen LogP contribution < -0.4 is 9.62 Å². The summed E-state index contributed by atoms with van der Waals surface area (Å²) in [6, 6.07) is 18.2. The number of amides is 2. The predicted molar refractivity (Wildman–Crippen MR) is 148 cm³/mol. The molecule has 196 valence electrons. The summed E-state index contributed by atoms with van der Waals surface area (Å²) in [5, 5.41) is 3.22. The Morgan fingerprint density at radius 1 is 0.892 bits per heavy atom. The molecular formula is C26H26Cl3N3O4S. The Hall–Kier alpha value is -2.78. The van der Waals surface area contributed by atoms with Gasteiger partial charge in [0.25, 0.3) is 10.0 Å². The summed E-state index contributed by atoms with van der Waals surface area (Å²) in [6.07, 6.45) is 0. The lowest BCUT2D eigenvalue weighted by Crippen LogP contribution is -2.51. The first-order valence-electron chi connectivity index (χ1n) is 11.4. The van der Waals surface area contributed by atoms with Gasteiger partial charge in [-0.1, -0.05) is 77.3 Å². The minimum absolute atomic E-state index is 0.0146. The van der Waals surface area contributed by atoms with Gasteiger partial charge in [0, 0.05) is 18.1 Å². The lowest BCUT2D eigenvalue weighted by atomic mass is 10.1. The first kappa shape index (κ1) is 28.8. The molecule has 3 rings (SSSR count). The minimum Gasteiger partial charge on any atom is -0.355 e. The van der Waals surface area contributed by atoms with E-state index in [4.69, 9.17) is 34.8 Å². The second-order valence-corrected chi connectivity index (χ2v) is 11.1. The van der Waals surface area contributed by atoms with Crippen molar-refractivity contribution in [3.8, 4) is 0 Å². The molecule has 7 nitrogen and oxygen atoms in total. The van der Waals surface area contributed by atoms with E-state index in [0.717, 1.165) is 4.31 Å². The third kappa shape index (κ3) is 6.76. The molecule has 1 atom stereocenters. The van der Waals surface area contributed by atoms with Crippen LogP contribution in [0.15, 0.2) is 77.7 Å². The Morgan fingerprint density at radius 3 is 2.16 bits per heavy atom. The number of benzene rings is 3. The molecule has 0 aromatic heterocycles. The van der Waals surface area contributed by atoms with Crippen molar-refractivity contribution < 1.29 is 18.0 Å². The number of halogens is 3. The van der Waals surface area contributed by atoms with Crippen molar-refractivity contribution in [1.82, 2.24) is 10.2 Å². The summed E-state index contributed by atoms with van der Waals surface area (Å²) < 4.78 is 28.4. The van der Waals surface area contributed by atoms with Gasteiger partial charge >= 0.3 is 0 Å². The van der Waals surface area contributed by atoms with E-state index in [1.807, 2.05) is 0 Å². The fraction of sp³-hybridized carbons (Fsp3) is 0.231. The molecule has 0 fully saturated rings. The smallest absolute Gasteiger partial charge is 0.264 e. The van der Waals surface area contributed by atoms with E-state index < -0.39 is 28.5 Å². The highest BCUT2D eigenvalue weighted by atomic mass is 35.5. The van der Waals surface area contributed by atoms with Gasteiger partial charge in [0.1, 0.15) is 12.6 Å². The Balaban J connectivity index is 2.08. The third-order valence-corrected chi connectivity index (χ3v) is 8.58. The Morgan fingerprint density at radius 2 is 1.51 bits per heavy atom. The van der Waals surface area contributed by atoms with E-state index in [9.17, 15) is 18.0 Å². The van der Waals surface area contributed by atoms with Crippen LogP contribution in [0, 0.1) is 0 Å². The van der Waals surface area contributed by atoms with Crippen molar-refractivity contribution in [2.75, 3.05) is 17.4 Å². The standard InChI is InChI=1S/C26H26Cl3N3O4S/c1-3-30-26(34)18(2)31(16-19-10-7-8-13-21(19)27)24(33)17-32(23-15-9-14-22(28)25(23)29)37(35,36)20-11-5-4-6-12-20/h4-15,18H,3,16-17H2,1-2H3,(H,30,34)/t18-/m1/s1. The van der Waals surface area contributed by atoms with Crippen LogP contribution in [-0.4, -0.2) is 44.3 Å². The minimum atomic E-state index is -4.24. The highest BCUT2D eigenvalue weighted by Crippen LogP contribution is 2.35. The zero-order chi connectivity index (χ0) is 27.2. The average Bonchev–Trinajstić information content (AvgIpc) is 2.88. The van der Waals surface area contributed by atoms with Gasteiger partial charge < -0.3 is 10.2 Å². The molecule has 0 aliphatic heterocycles. The first-order chi connectivity index (χ1) is 17.6. The highest BCUT2D eigenvalue weighted by Gasteiger charge is 2.33. The molecule has 0 spiro atoms. The van der Waals surface area contributed by atoms with Gasteiger partial charge in [0.15, 0.2) is 0 Å². The van der Waals surface area contributed by atoms with Gasteiger partial charge in [-0.2, -0.15) is 0 Å². The van der Waals surface area contributed by atoms with Crippen LogP contribution in [0.3, 0.4) is 0 Å². The molecule has 0 radical (unpaired) electrons. The molecule has 1 N–H and O–H groups in total. The molecule has 0 bridgehead atoms. The average molecular weight is 583 g/mol. The summed E-state index contributed by atoms with van der Waals surface area (Å²) in [4.78, 5) is 27.8. The normalized spacial score (nSPS) is 12.0. The lowest BCUT2D eigenvalue weighted by molar-refractivity contribution is -0.139. The summed E-state index contributed by atoms with van der Waals surface area (Å²) in [5.74, 6) is -1.02. The molecule has 37 heavy (non-hydrogen) atoms. The predicted octanol–water partition coefficient (Wildman–Crippen LogP) is 5.40. The lowest BCUT2D eigenvalue weighted by Gasteiger charge is -2.32. The van der Waals surface area contributed by atoms with E-state index in [-0.39, 0.29) is 33.1 Å². The highest BCUT2D eigenvalue weighted by molar-refractivity contribution is 7.92. The molecule has 0 heterocycles. The van der Waals surface area contributed by atoms with E-state index in [1.54, 1.807) is 62.4 Å². The molecule has 0 saturated heterocycles. The summed E-state index contributed by atoms with van der Waals surface area (Å²) in [6.45, 7) is 3.05. The first-order valence-corrected chi connectivity index (χ1v) is 14.0. The van der Waals surface area contributed by atoms with Crippen molar-refractivity contribution in [2.45, 2.75) is 31.3 Å². The second kappa shape index (κ2) is 12.6. The van der Waals surface area contributed by atoms with Crippen LogP contribution in [0.1, 0.15) is 19.4 Å². The zero-order valence-corrected chi connectivity index (χ0v) is 23.3. The number of hydrogen-bond acceptors (Lipinski definition) is 4. The van der Waals surface area contributed by atoms with Crippen molar-refractivity contribution in [2.24, 2.45) is 0 Å². The molecule has 0 unspecified atom stereocenters. The van der Waals surface area contributed by atoms with Crippen molar-refractivity contribution in [3.63, 3.8) is 0 Å². The number of hydrogen-bond donors (Lipinski definition) is 1. The molecular weight excluding hydrogens is 557 g/mol. The monoisotopic (exact) mass is 581 g/mol. The van der Waals surface area contributed by atoms with Crippen LogP contribution >= 0.6 is 34.8 Å². The maximum atomic E-state index is 13.8. The third-order valence-electron chi connectivity index (χ3n) is 5.63. The Bertz CT molecular complexity index is 1370. The molecule has 3 aromatic rings. The fourth-order valence-corrected chi connectivity index (χ4v) is 5.72. The van der Waals surface area contributed by atoms with Crippen LogP contribution in [0.25, 0.3) is 0 Å². The van der Waals surface area contributed by atoms with Crippen molar-refractivity contribution in [1.29, 1.82) is 0 Å². The SMILES string of the molecule is CCNC(=O)[C@@H](C)N(Cc1ccccc1Cl)C(=O)CN(c1cccc(Cl)c1Cl)S(=O)(=O)c1ccccc1. The number of nitrogens with one attached hydrogen (secondary N) is 1. The van der Waals surface area contributed by atoms with Crippen LogP contribution in [0.4, 0.5) is 5.69 Å². The number of sulfonamides is 1. The fourth-order valence-electron chi connectivity index (χ4n) is 3.63. The molecule has 0 aliphatic carbocycles. The summed E-state index contributed by atoms with van der Waals surface area (Å²) in [5.41, 5.74) is 0.640. The largest absolute Gasteiger partial charge is 0.355 e. The van der Waals surface area contributed by atoms with Gasteiger partial charge in [-0.05, 0) is 49.7 Å². The van der Waals surface area contributed by atoms with Crippen LogP contribution in [0.2, 0.25) is 15.1 Å². The molecule has 3 aromatic carbocycles. The second-order valence-electron chi connectivity index (χ2n) is 8.08. The summed E-state index contributed by atoms with van der Waals surface area (Å²) in [7, 11) is -4.24. The van der Waals surface area contributed by atoms with Crippen molar-refractivity contribution >= 4 is 62.3 Å². The molecule has 0 aliphatic rings. The van der Waals surface area contributed by atoms with E-state index in [1.165, 1.54) is 29.2 Å².